The lowest BCUT2D eigenvalue weighted by Gasteiger charge is -2.29. The van der Waals surface area contributed by atoms with Crippen molar-refractivity contribution in [3.63, 3.8) is 0 Å². The van der Waals surface area contributed by atoms with E-state index in [1.165, 1.54) is 0 Å². The molecule has 0 rings (SSSR count). The molecule has 0 aliphatic heterocycles. The van der Waals surface area contributed by atoms with Gasteiger partial charge in [0.25, 0.3) is 0 Å². The first-order chi connectivity index (χ1) is 7.78. The van der Waals surface area contributed by atoms with Gasteiger partial charge in [-0.05, 0) is 26.1 Å². The van der Waals surface area contributed by atoms with Gasteiger partial charge in [0.15, 0.2) is 0 Å². The van der Waals surface area contributed by atoms with E-state index in [-0.39, 0.29) is 17.2 Å². The number of amides is 1. The van der Waals surface area contributed by atoms with E-state index in [9.17, 15) is 4.79 Å². The minimum Gasteiger partial charge on any atom is -0.355 e. The molecular weight excluding hydrogens is 214 g/mol. The van der Waals surface area contributed by atoms with Crippen molar-refractivity contribution in [2.24, 2.45) is 11.3 Å². The topological polar surface area (TPSA) is 44.4 Å². The van der Waals surface area contributed by atoms with E-state index in [1.807, 2.05) is 13.8 Å². The molecule has 0 saturated carbocycles. The van der Waals surface area contributed by atoms with Crippen molar-refractivity contribution in [1.29, 1.82) is 0 Å². The SMILES string of the molecule is CCNCC(C)C(=O)NCC(C)(C)CN(C)C. The van der Waals surface area contributed by atoms with Crippen LogP contribution in [-0.2, 0) is 4.79 Å². The Morgan fingerprint density at radius 2 is 1.94 bits per heavy atom. The maximum Gasteiger partial charge on any atom is 0.224 e. The number of nitrogens with zero attached hydrogens (tertiary/aromatic N) is 1. The summed E-state index contributed by atoms with van der Waals surface area (Å²) in [5, 5.41) is 6.22. The normalized spacial score (nSPS) is 13.8. The maximum atomic E-state index is 11.8. The highest BCUT2D eigenvalue weighted by Crippen LogP contribution is 2.14. The van der Waals surface area contributed by atoms with Gasteiger partial charge in [-0.15, -0.1) is 0 Å². The molecule has 1 unspecified atom stereocenters. The van der Waals surface area contributed by atoms with Crippen LogP contribution in [0, 0.1) is 11.3 Å². The lowest BCUT2D eigenvalue weighted by Crippen LogP contribution is -2.43. The Labute approximate surface area is 106 Å². The van der Waals surface area contributed by atoms with Crippen LogP contribution in [-0.4, -0.2) is 51.1 Å². The predicted molar refractivity (Wildman–Crippen MR) is 73.1 cm³/mol. The highest BCUT2D eigenvalue weighted by Gasteiger charge is 2.21. The van der Waals surface area contributed by atoms with Crippen LogP contribution in [0.2, 0.25) is 0 Å². The first-order valence-electron chi connectivity index (χ1n) is 6.41. The van der Waals surface area contributed by atoms with E-state index in [4.69, 9.17) is 0 Å². The summed E-state index contributed by atoms with van der Waals surface area (Å²) in [7, 11) is 4.11. The zero-order valence-corrected chi connectivity index (χ0v) is 12.3. The molecule has 0 saturated heterocycles. The Kier molecular flexibility index (Phi) is 7.39. The number of nitrogens with one attached hydrogen (secondary N) is 2. The molecule has 0 spiro atoms. The fourth-order valence-electron chi connectivity index (χ4n) is 1.87. The molecule has 0 aromatic carbocycles. The van der Waals surface area contributed by atoms with Gasteiger partial charge in [0.1, 0.15) is 0 Å². The maximum absolute atomic E-state index is 11.8. The third kappa shape index (κ3) is 8.16. The second-order valence-electron chi connectivity index (χ2n) is 5.83. The number of carbonyl (C=O) groups excluding carboxylic acids is 1. The molecule has 17 heavy (non-hydrogen) atoms. The predicted octanol–water partition coefficient (Wildman–Crippen LogP) is 0.936. The summed E-state index contributed by atoms with van der Waals surface area (Å²) in [5.41, 5.74) is 0.108. The van der Waals surface area contributed by atoms with Crippen LogP contribution >= 0.6 is 0 Å². The van der Waals surface area contributed by atoms with E-state index in [0.717, 1.165) is 26.2 Å². The van der Waals surface area contributed by atoms with Gasteiger partial charge in [-0.2, -0.15) is 0 Å². The molecular formula is C13H29N3O. The summed E-state index contributed by atoms with van der Waals surface area (Å²) in [6.07, 6.45) is 0. The lowest BCUT2D eigenvalue weighted by molar-refractivity contribution is -0.124. The standard InChI is InChI=1S/C13H29N3O/c1-7-14-8-11(2)12(17)15-9-13(3,4)10-16(5)6/h11,14H,7-10H2,1-6H3,(H,15,17). The van der Waals surface area contributed by atoms with Crippen molar-refractivity contribution in [2.75, 3.05) is 40.3 Å². The van der Waals surface area contributed by atoms with Crippen molar-refractivity contribution in [3.05, 3.63) is 0 Å². The Hall–Kier alpha value is -0.610. The molecule has 0 fully saturated rings. The summed E-state index contributed by atoms with van der Waals surface area (Å²) in [6, 6.07) is 0. The van der Waals surface area contributed by atoms with Crippen molar-refractivity contribution in [3.8, 4) is 0 Å². The summed E-state index contributed by atoms with van der Waals surface area (Å²) in [6.45, 7) is 11.7. The van der Waals surface area contributed by atoms with Gasteiger partial charge in [0.2, 0.25) is 5.91 Å². The third-order valence-electron chi connectivity index (χ3n) is 2.63. The number of rotatable bonds is 8. The van der Waals surface area contributed by atoms with Crippen molar-refractivity contribution < 1.29 is 4.79 Å². The van der Waals surface area contributed by atoms with Gasteiger partial charge in [0, 0.05) is 25.6 Å². The molecule has 102 valence electrons. The molecule has 0 heterocycles. The molecule has 4 heteroatoms. The number of hydrogen-bond donors (Lipinski definition) is 2. The number of carbonyl (C=O) groups is 1. The highest BCUT2D eigenvalue weighted by atomic mass is 16.1. The highest BCUT2D eigenvalue weighted by molar-refractivity contribution is 5.78. The zero-order valence-electron chi connectivity index (χ0n) is 12.3. The van der Waals surface area contributed by atoms with Crippen LogP contribution in [0.1, 0.15) is 27.7 Å². The van der Waals surface area contributed by atoms with Crippen LogP contribution in [0.15, 0.2) is 0 Å². The molecule has 0 aliphatic carbocycles. The Bertz CT molecular complexity index is 227. The molecule has 4 nitrogen and oxygen atoms in total. The van der Waals surface area contributed by atoms with Gasteiger partial charge >= 0.3 is 0 Å². The van der Waals surface area contributed by atoms with Gasteiger partial charge in [-0.3, -0.25) is 4.79 Å². The van der Waals surface area contributed by atoms with E-state index in [0.29, 0.717) is 0 Å². The average molecular weight is 243 g/mol. The molecule has 1 atom stereocenters. The van der Waals surface area contributed by atoms with Crippen molar-refractivity contribution in [2.45, 2.75) is 27.7 Å². The van der Waals surface area contributed by atoms with Gasteiger partial charge in [0.05, 0.1) is 0 Å². The molecule has 2 N–H and O–H groups in total. The van der Waals surface area contributed by atoms with E-state index in [1.54, 1.807) is 0 Å². The summed E-state index contributed by atoms with van der Waals surface area (Å²) >= 11 is 0. The Morgan fingerprint density at radius 3 is 2.41 bits per heavy atom. The van der Waals surface area contributed by atoms with E-state index in [2.05, 4.69) is 43.5 Å². The van der Waals surface area contributed by atoms with Crippen LogP contribution < -0.4 is 10.6 Å². The smallest absolute Gasteiger partial charge is 0.224 e. The quantitative estimate of drug-likeness (QED) is 0.667. The molecule has 0 radical (unpaired) electrons. The molecule has 0 aromatic rings. The first-order valence-corrected chi connectivity index (χ1v) is 6.41. The van der Waals surface area contributed by atoms with Gasteiger partial charge < -0.3 is 15.5 Å². The van der Waals surface area contributed by atoms with Crippen LogP contribution in [0.5, 0.6) is 0 Å². The molecule has 0 bridgehead atoms. The summed E-state index contributed by atoms with van der Waals surface area (Å²) < 4.78 is 0. The largest absolute Gasteiger partial charge is 0.355 e. The zero-order chi connectivity index (χ0) is 13.5. The molecule has 0 aliphatic rings. The fraction of sp³-hybridized carbons (Fsp3) is 0.923. The summed E-state index contributed by atoms with van der Waals surface area (Å²) in [4.78, 5) is 14.0. The summed E-state index contributed by atoms with van der Waals surface area (Å²) in [5.74, 6) is 0.169. The van der Waals surface area contributed by atoms with Crippen LogP contribution in [0.4, 0.5) is 0 Å². The third-order valence-corrected chi connectivity index (χ3v) is 2.63. The monoisotopic (exact) mass is 243 g/mol. The Balaban J connectivity index is 3.97. The van der Waals surface area contributed by atoms with Crippen molar-refractivity contribution in [1.82, 2.24) is 15.5 Å². The van der Waals surface area contributed by atoms with Crippen molar-refractivity contribution >= 4 is 5.91 Å². The minimum absolute atomic E-state index is 0.0325. The first kappa shape index (κ1) is 16.4. The molecule has 0 aromatic heterocycles. The van der Waals surface area contributed by atoms with E-state index >= 15 is 0 Å². The number of hydrogen-bond acceptors (Lipinski definition) is 3. The average Bonchev–Trinajstić information content (AvgIpc) is 2.20. The van der Waals surface area contributed by atoms with Crippen LogP contribution in [0.25, 0.3) is 0 Å². The van der Waals surface area contributed by atoms with E-state index < -0.39 is 0 Å². The second kappa shape index (κ2) is 7.67. The lowest BCUT2D eigenvalue weighted by atomic mass is 9.92. The van der Waals surface area contributed by atoms with Crippen LogP contribution in [0.3, 0.4) is 0 Å². The van der Waals surface area contributed by atoms with Gasteiger partial charge in [-0.25, -0.2) is 0 Å². The minimum atomic E-state index is 0.0325. The molecule has 1 amide bonds. The van der Waals surface area contributed by atoms with Gasteiger partial charge in [-0.1, -0.05) is 27.7 Å². The second-order valence-corrected chi connectivity index (χ2v) is 5.83. The Morgan fingerprint density at radius 1 is 1.35 bits per heavy atom. The fourth-order valence-corrected chi connectivity index (χ4v) is 1.87.